The van der Waals surface area contributed by atoms with Gasteiger partial charge in [-0.05, 0) is 37.1 Å². The number of hydrogen-bond donors (Lipinski definition) is 0. The average Bonchev–Trinajstić information content (AvgIpc) is 3.41. The van der Waals surface area contributed by atoms with E-state index in [0.717, 1.165) is 50.0 Å². The summed E-state index contributed by atoms with van der Waals surface area (Å²) in [7, 11) is 1.63. The van der Waals surface area contributed by atoms with Gasteiger partial charge in [0, 0.05) is 43.0 Å². The summed E-state index contributed by atoms with van der Waals surface area (Å²) in [6.45, 7) is 4.25. The van der Waals surface area contributed by atoms with Gasteiger partial charge in [0.2, 0.25) is 0 Å². The SMILES string of the molecule is COc1ccc(C(=O)N2CCN(Cc3nc(C4CC4)cs3)CC2)cc1. The molecule has 4 rings (SSSR count). The van der Waals surface area contributed by atoms with E-state index in [4.69, 9.17) is 9.72 Å². The molecule has 1 aliphatic heterocycles. The van der Waals surface area contributed by atoms with Gasteiger partial charge < -0.3 is 9.64 Å². The Bertz CT molecular complexity index is 731. The Morgan fingerprint density at radius 2 is 1.92 bits per heavy atom. The van der Waals surface area contributed by atoms with Crippen LogP contribution in [0.1, 0.15) is 39.8 Å². The molecule has 1 amide bonds. The Labute approximate surface area is 152 Å². The van der Waals surface area contributed by atoms with E-state index in [2.05, 4.69) is 10.3 Å². The minimum Gasteiger partial charge on any atom is -0.497 e. The Kier molecular flexibility index (Phi) is 4.72. The summed E-state index contributed by atoms with van der Waals surface area (Å²) in [5.74, 6) is 1.60. The fourth-order valence-corrected chi connectivity index (χ4v) is 4.10. The highest BCUT2D eigenvalue weighted by Crippen LogP contribution is 2.40. The zero-order valence-corrected chi connectivity index (χ0v) is 15.3. The molecule has 132 valence electrons. The lowest BCUT2D eigenvalue weighted by atomic mass is 10.1. The number of amides is 1. The van der Waals surface area contributed by atoms with Crippen molar-refractivity contribution in [3.63, 3.8) is 0 Å². The van der Waals surface area contributed by atoms with Crippen molar-refractivity contribution in [2.45, 2.75) is 25.3 Å². The molecule has 2 fully saturated rings. The summed E-state index contributed by atoms with van der Waals surface area (Å²) >= 11 is 1.77. The van der Waals surface area contributed by atoms with Crippen molar-refractivity contribution in [3.05, 3.63) is 45.9 Å². The van der Waals surface area contributed by atoms with E-state index in [1.54, 1.807) is 18.4 Å². The van der Waals surface area contributed by atoms with Gasteiger partial charge in [0.15, 0.2) is 0 Å². The van der Waals surface area contributed by atoms with Crippen molar-refractivity contribution >= 4 is 17.2 Å². The molecule has 6 heteroatoms. The molecular formula is C19H23N3O2S. The third kappa shape index (κ3) is 3.85. The molecule has 1 aromatic carbocycles. The number of ether oxygens (including phenoxy) is 1. The maximum atomic E-state index is 12.6. The third-order valence-electron chi connectivity index (χ3n) is 4.92. The first-order chi connectivity index (χ1) is 12.2. The first-order valence-electron chi connectivity index (χ1n) is 8.83. The number of thiazole rings is 1. The second-order valence-electron chi connectivity index (χ2n) is 6.74. The molecule has 1 aliphatic carbocycles. The van der Waals surface area contributed by atoms with Gasteiger partial charge in [-0.1, -0.05) is 0 Å². The number of benzene rings is 1. The van der Waals surface area contributed by atoms with E-state index in [1.807, 2.05) is 29.2 Å². The van der Waals surface area contributed by atoms with E-state index in [9.17, 15) is 4.79 Å². The first-order valence-corrected chi connectivity index (χ1v) is 9.71. The lowest BCUT2D eigenvalue weighted by Gasteiger charge is -2.34. The summed E-state index contributed by atoms with van der Waals surface area (Å²) in [6, 6.07) is 7.35. The average molecular weight is 357 g/mol. The third-order valence-corrected chi connectivity index (χ3v) is 5.77. The topological polar surface area (TPSA) is 45.7 Å². The van der Waals surface area contributed by atoms with Crippen LogP contribution in [-0.4, -0.2) is 54.0 Å². The molecule has 2 aliphatic rings. The molecule has 0 bridgehead atoms. The van der Waals surface area contributed by atoms with Crippen LogP contribution in [0, 0.1) is 0 Å². The zero-order chi connectivity index (χ0) is 17.2. The summed E-state index contributed by atoms with van der Waals surface area (Å²) < 4.78 is 5.15. The predicted octanol–water partition coefficient (Wildman–Crippen LogP) is 2.99. The van der Waals surface area contributed by atoms with Gasteiger partial charge in [-0.3, -0.25) is 9.69 Å². The van der Waals surface area contributed by atoms with Crippen LogP contribution in [0.15, 0.2) is 29.6 Å². The Morgan fingerprint density at radius 3 is 2.56 bits per heavy atom. The molecule has 0 N–H and O–H groups in total. The normalized spacial score (nSPS) is 18.4. The van der Waals surface area contributed by atoms with E-state index in [-0.39, 0.29) is 5.91 Å². The monoisotopic (exact) mass is 357 g/mol. The second kappa shape index (κ2) is 7.14. The Hall–Kier alpha value is -1.92. The first kappa shape index (κ1) is 16.5. The van der Waals surface area contributed by atoms with Crippen molar-refractivity contribution in [1.82, 2.24) is 14.8 Å². The van der Waals surface area contributed by atoms with Crippen LogP contribution in [-0.2, 0) is 6.54 Å². The number of hydrogen-bond acceptors (Lipinski definition) is 5. The Balaban J connectivity index is 1.30. The van der Waals surface area contributed by atoms with Crippen LogP contribution < -0.4 is 4.74 Å². The molecule has 0 atom stereocenters. The van der Waals surface area contributed by atoms with Gasteiger partial charge in [-0.25, -0.2) is 4.98 Å². The molecule has 2 aromatic rings. The summed E-state index contributed by atoms with van der Waals surface area (Å²) in [6.07, 6.45) is 2.60. The maximum Gasteiger partial charge on any atom is 0.253 e. The lowest BCUT2D eigenvalue weighted by molar-refractivity contribution is 0.0628. The highest BCUT2D eigenvalue weighted by atomic mass is 32.1. The smallest absolute Gasteiger partial charge is 0.253 e. The van der Waals surface area contributed by atoms with Crippen molar-refractivity contribution in [1.29, 1.82) is 0 Å². The van der Waals surface area contributed by atoms with Gasteiger partial charge in [0.25, 0.3) is 5.91 Å². The van der Waals surface area contributed by atoms with Crippen LogP contribution in [0.2, 0.25) is 0 Å². The lowest BCUT2D eigenvalue weighted by Crippen LogP contribution is -2.48. The molecule has 2 heterocycles. The minimum absolute atomic E-state index is 0.104. The molecule has 0 unspecified atom stereocenters. The predicted molar refractivity (Wildman–Crippen MR) is 98.3 cm³/mol. The number of aromatic nitrogens is 1. The molecule has 5 nitrogen and oxygen atoms in total. The van der Waals surface area contributed by atoms with Crippen LogP contribution in [0.25, 0.3) is 0 Å². The zero-order valence-electron chi connectivity index (χ0n) is 14.5. The van der Waals surface area contributed by atoms with E-state index < -0.39 is 0 Å². The largest absolute Gasteiger partial charge is 0.497 e. The molecule has 1 saturated carbocycles. The van der Waals surface area contributed by atoms with Crippen molar-refractivity contribution in [2.75, 3.05) is 33.3 Å². The van der Waals surface area contributed by atoms with Gasteiger partial charge >= 0.3 is 0 Å². The molecule has 0 radical (unpaired) electrons. The fourth-order valence-electron chi connectivity index (χ4n) is 3.18. The minimum atomic E-state index is 0.104. The molecule has 1 aromatic heterocycles. The quantitative estimate of drug-likeness (QED) is 0.825. The van der Waals surface area contributed by atoms with E-state index in [1.165, 1.54) is 23.5 Å². The number of nitrogens with zero attached hydrogens (tertiary/aromatic N) is 3. The van der Waals surface area contributed by atoms with Crippen LogP contribution in [0.5, 0.6) is 5.75 Å². The standard InChI is InChI=1S/C19H23N3O2S/c1-24-16-6-4-15(5-7-16)19(23)22-10-8-21(9-11-22)12-18-20-17(13-25-18)14-2-3-14/h4-7,13-14H,2-3,8-12H2,1H3. The van der Waals surface area contributed by atoms with Crippen LogP contribution in [0.3, 0.4) is 0 Å². The highest BCUT2D eigenvalue weighted by Gasteiger charge is 2.27. The van der Waals surface area contributed by atoms with Crippen molar-refractivity contribution < 1.29 is 9.53 Å². The van der Waals surface area contributed by atoms with Gasteiger partial charge in [-0.15, -0.1) is 11.3 Å². The number of piperazine rings is 1. The van der Waals surface area contributed by atoms with Gasteiger partial charge in [0.05, 0.1) is 19.3 Å². The number of carbonyl (C=O) groups is 1. The Morgan fingerprint density at radius 1 is 1.20 bits per heavy atom. The molecule has 0 spiro atoms. The molecule has 25 heavy (non-hydrogen) atoms. The summed E-state index contributed by atoms with van der Waals surface area (Å²) in [4.78, 5) is 21.7. The van der Waals surface area contributed by atoms with Crippen molar-refractivity contribution in [3.8, 4) is 5.75 Å². The van der Waals surface area contributed by atoms with Crippen molar-refractivity contribution in [2.24, 2.45) is 0 Å². The number of methoxy groups -OCH3 is 1. The fraction of sp³-hybridized carbons (Fsp3) is 0.474. The summed E-state index contributed by atoms with van der Waals surface area (Å²) in [5.41, 5.74) is 2.01. The van der Waals surface area contributed by atoms with Crippen LogP contribution >= 0.6 is 11.3 Å². The maximum absolute atomic E-state index is 12.6. The molecule has 1 saturated heterocycles. The summed E-state index contributed by atoms with van der Waals surface area (Å²) in [5, 5.41) is 3.42. The van der Waals surface area contributed by atoms with Gasteiger partial charge in [-0.2, -0.15) is 0 Å². The van der Waals surface area contributed by atoms with E-state index >= 15 is 0 Å². The van der Waals surface area contributed by atoms with E-state index in [0.29, 0.717) is 0 Å². The number of rotatable bonds is 5. The number of carbonyl (C=O) groups excluding carboxylic acids is 1. The van der Waals surface area contributed by atoms with Gasteiger partial charge in [0.1, 0.15) is 10.8 Å². The molecular weight excluding hydrogens is 334 g/mol. The second-order valence-corrected chi connectivity index (χ2v) is 7.68. The highest BCUT2D eigenvalue weighted by molar-refractivity contribution is 7.09. The van der Waals surface area contributed by atoms with Crippen LogP contribution in [0.4, 0.5) is 0 Å².